The molecule has 8 rings (SSSR count). The van der Waals surface area contributed by atoms with Gasteiger partial charge in [-0.3, -0.25) is 4.79 Å². The molecule has 0 aromatic heterocycles. The number of carbonyl (C=O) groups excluding carboxylic acids is 2. The van der Waals surface area contributed by atoms with Crippen molar-refractivity contribution in [3.05, 3.63) is 11.6 Å². The summed E-state index contributed by atoms with van der Waals surface area (Å²) in [5.74, 6) is -2.68. The second-order valence-corrected chi connectivity index (χ2v) is 23.2. The van der Waals surface area contributed by atoms with E-state index in [-0.39, 0.29) is 36.2 Å². The first-order valence-corrected chi connectivity index (χ1v) is 24.8. The van der Waals surface area contributed by atoms with Crippen LogP contribution in [0.5, 0.6) is 0 Å². The fourth-order valence-electron chi connectivity index (χ4n) is 15.0. The summed E-state index contributed by atoms with van der Waals surface area (Å²) in [4.78, 5) is 40.7. The van der Waals surface area contributed by atoms with E-state index in [1.54, 1.807) is 6.92 Å². The summed E-state index contributed by atoms with van der Waals surface area (Å²) < 4.78 is 41.9. The number of allylic oxidation sites excluding steroid dienone is 2. The van der Waals surface area contributed by atoms with Crippen LogP contribution in [-0.4, -0.2) is 187 Å². The van der Waals surface area contributed by atoms with E-state index < -0.39 is 150 Å². The van der Waals surface area contributed by atoms with Gasteiger partial charge in [-0.2, -0.15) is 0 Å². The summed E-state index contributed by atoms with van der Waals surface area (Å²) in [5.41, 5.74) is -3.01. The van der Waals surface area contributed by atoms with Crippen molar-refractivity contribution in [2.45, 2.75) is 204 Å². The van der Waals surface area contributed by atoms with Gasteiger partial charge in [0.1, 0.15) is 72.7 Å². The average molecular weight is 985 g/mol. The number of aldehydes is 1. The first-order valence-electron chi connectivity index (χ1n) is 24.8. The maximum atomic E-state index is 13.9. The van der Waals surface area contributed by atoms with Gasteiger partial charge in [0.05, 0.1) is 37.4 Å². The first kappa shape index (κ1) is 53.1. The summed E-state index contributed by atoms with van der Waals surface area (Å²) in [5, 5.41) is 109. The Bertz CT molecular complexity index is 1950. The van der Waals surface area contributed by atoms with Crippen LogP contribution in [0.2, 0.25) is 0 Å². The van der Waals surface area contributed by atoms with E-state index in [1.165, 1.54) is 6.92 Å². The lowest BCUT2D eigenvalue weighted by Gasteiger charge is -2.71. The number of carboxylic acid groups (broad SMARTS) is 1. The molecule has 0 radical (unpaired) electrons. The second-order valence-electron chi connectivity index (χ2n) is 23.2. The molecule has 392 valence electrons. The van der Waals surface area contributed by atoms with Crippen molar-refractivity contribution in [2.24, 2.45) is 50.2 Å². The fraction of sp³-hybridized carbons (Fsp3) is 0.898. The second kappa shape index (κ2) is 18.9. The minimum Gasteiger partial charge on any atom is -0.481 e. The Morgan fingerprint density at radius 1 is 0.754 bits per heavy atom. The van der Waals surface area contributed by atoms with E-state index in [9.17, 15) is 65.4 Å². The van der Waals surface area contributed by atoms with Gasteiger partial charge in [0.15, 0.2) is 25.0 Å². The Morgan fingerprint density at radius 2 is 1.43 bits per heavy atom. The number of aliphatic carboxylic acids is 1. The van der Waals surface area contributed by atoms with Gasteiger partial charge in [-0.25, -0.2) is 4.79 Å². The van der Waals surface area contributed by atoms with Gasteiger partial charge in [-0.1, -0.05) is 53.2 Å². The molecule has 24 unspecified atom stereocenters. The standard InChI is InChI=1S/C49H76O20/c1-8-63-39(60)37-35(59)36(67-40-33(57)30(54)24(52)20-64-40)38(69-41-34(58)32(56)31(55)25(19-50)65-41)42(68-37)66-29-12-13-45(4)26(46(29,5)21-51)11-14-47(6)27(45)10-9-22-23-17-44(2,3)15-16-49(23,43(61)62)28(53)18-48(22,47)7/h9,21,23-38,40-42,50,52-59H,8,10-20H2,1-7H3,(H,61,62). The summed E-state index contributed by atoms with van der Waals surface area (Å²) in [6, 6.07) is 0. The monoisotopic (exact) mass is 984 g/mol. The molecule has 3 saturated heterocycles. The summed E-state index contributed by atoms with van der Waals surface area (Å²) in [6.45, 7) is 12.9. The van der Waals surface area contributed by atoms with Crippen molar-refractivity contribution in [1.29, 1.82) is 0 Å². The Balaban J connectivity index is 1.14. The van der Waals surface area contributed by atoms with Crippen LogP contribution < -0.4 is 0 Å². The van der Waals surface area contributed by atoms with Gasteiger partial charge >= 0.3 is 11.9 Å². The molecule has 5 aliphatic carbocycles. The van der Waals surface area contributed by atoms with E-state index in [0.29, 0.717) is 51.4 Å². The molecule has 0 aromatic carbocycles. The molecule has 69 heavy (non-hydrogen) atoms. The summed E-state index contributed by atoms with van der Waals surface area (Å²) >= 11 is 0. The molecule has 0 bridgehead atoms. The van der Waals surface area contributed by atoms with Gasteiger partial charge < -0.3 is 89.0 Å². The van der Waals surface area contributed by atoms with Gasteiger partial charge in [0.2, 0.25) is 0 Å². The summed E-state index contributed by atoms with van der Waals surface area (Å²) in [7, 11) is 0. The van der Waals surface area contributed by atoms with Crippen LogP contribution in [0.25, 0.3) is 0 Å². The van der Waals surface area contributed by atoms with Crippen molar-refractivity contribution < 1.29 is 98.6 Å². The largest absolute Gasteiger partial charge is 0.481 e. The van der Waals surface area contributed by atoms with E-state index in [1.807, 2.05) is 0 Å². The summed E-state index contributed by atoms with van der Waals surface area (Å²) in [6.07, 6.45) is -19.5. The number of rotatable bonds is 11. The normalized spacial score (nSPS) is 52.8. The number of aliphatic hydroxyl groups excluding tert-OH is 9. The minimum absolute atomic E-state index is 0.0102. The zero-order chi connectivity index (χ0) is 50.6. The zero-order valence-electron chi connectivity index (χ0n) is 40.7. The van der Waals surface area contributed by atoms with Crippen molar-refractivity contribution >= 4 is 18.2 Å². The van der Waals surface area contributed by atoms with E-state index in [0.717, 1.165) is 11.9 Å². The number of aliphatic hydroxyl groups is 9. The van der Waals surface area contributed by atoms with Crippen LogP contribution in [-0.2, 0) is 47.5 Å². The number of carboxylic acids is 1. The maximum Gasteiger partial charge on any atom is 0.338 e. The molecule has 3 aliphatic heterocycles. The van der Waals surface area contributed by atoms with Gasteiger partial charge in [0, 0.05) is 0 Å². The van der Waals surface area contributed by atoms with Crippen molar-refractivity contribution in [3.63, 3.8) is 0 Å². The van der Waals surface area contributed by atoms with Crippen LogP contribution in [0, 0.1) is 50.2 Å². The predicted octanol–water partition coefficient (Wildman–Crippen LogP) is 0.0659. The van der Waals surface area contributed by atoms with Crippen molar-refractivity contribution in [3.8, 4) is 0 Å². The molecule has 7 fully saturated rings. The number of hydrogen-bond donors (Lipinski definition) is 10. The smallest absolute Gasteiger partial charge is 0.338 e. The van der Waals surface area contributed by atoms with E-state index in [2.05, 4.69) is 40.7 Å². The molecule has 20 heteroatoms. The molecule has 0 aromatic rings. The first-order chi connectivity index (χ1) is 32.3. The van der Waals surface area contributed by atoms with Crippen LogP contribution in [0.15, 0.2) is 11.6 Å². The molecule has 8 aliphatic rings. The molecule has 0 amide bonds. The predicted molar refractivity (Wildman–Crippen MR) is 236 cm³/mol. The highest BCUT2D eigenvalue weighted by Gasteiger charge is 2.72. The third-order valence-electron chi connectivity index (χ3n) is 19.2. The van der Waals surface area contributed by atoms with Crippen LogP contribution in [0.1, 0.15) is 106 Å². The Kier molecular flexibility index (Phi) is 14.5. The Hall–Kier alpha value is -2.25. The lowest BCUT2D eigenvalue weighted by Crippen LogP contribution is -2.69. The average Bonchev–Trinajstić information content (AvgIpc) is 3.29. The number of hydrogen-bond acceptors (Lipinski definition) is 19. The fourth-order valence-corrected chi connectivity index (χ4v) is 15.0. The highest BCUT2D eigenvalue weighted by Crippen LogP contribution is 2.76. The van der Waals surface area contributed by atoms with Crippen molar-refractivity contribution in [1.82, 2.24) is 0 Å². The molecule has 24 atom stereocenters. The SMILES string of the molecule is CCOC(=O)C1OC(OC2CCC3(C)C(CCC4(C)C3CC=C3C5CC(C)(C)CCC5(C(=O)O)C(O)CC34C)C2(C)C=O)C(OC2OC(CO)C(O)C(O)C2O)C(OC2OCC(O)C(O)C2O)C1O. The molecule has 20 nitrogen and oxygen atoms in total. The Labute approximate surface area is 402 Å². The topological polar surface area (TPSA) is 318 Å². The lowest BCUT2D eigenvalue weighted by atomic mass is 9.33. The van der Waals surface area contributed by atoms with E-state index in [4.69, 9.17) is 33.2 Å². The highest BCUT2D eigenvalue weighted by molar-refractivity contribution is 5.78. The molecule has 10 N–H and O–H groups in total. The van der Waals surface area contributed by atoms with Crippen LogP contribution >= 0.6 is 0 Å². The number of carbonyl (C=O) groups is 3. The van der Waals surface area contributed by atoms with Crippen LogP contribution in [0.3, 0.4) is 0 Å². The van der Waals surface area contributed by atoms with E-state index >= 15 is 0 Å². The molecule has 0 spiro atoms. The zero-order valence-corrected chi connectivity index (χ0v) is 40.7. The lowest BCUT2D eigenvalue weighted by molar-refractivity contribution is -0.391. The molecule has 3 heterocycles. The number of ether oxygens (including phenoxy) is 7. The molecule has 4 saturated carbocycles. The number of fused-ring (bicyclic) bond motifs is 7. The van der Waals surface area contributed by atoms with Gasteiger partial charge in [-0.15, -0.1) is 0 Å². The highest BCUT2D eigenvalue weighted by atomic mass is 16.8. The van der Waals surface area contributed by atoms with Gasteiger partial charge in [0.25, 0.3) is 0 Å². The molecular formula is C49H76O20. The quantitative estimate of drug-likeness (QED) is 0.0567. The Morgan fingerprint density at radius 3 is 2.09 bits per heavy atom. The molecular weight excluding hydrogens is 909 g/mol. The third kappa shape index (κ3) is 8.27. The van der Waals surface area contributed by atoms with Crippen LogP contribution in [0.4, 0.5) is 0 Å². The number of esters is 1. The maximum absolute atomic E-state index is 13.9. The minimum atomic E-state index is -2.01. The van der Waals surface area contributed by atoms with Crippen molar-refractivity contribution in [2.75, 3.05) is 19.8 Å². The van der Waals surface area contributed by atoms with Gasteiger partial charge in [-0.05, 0) is 104 Å². The third-order valence-corrected chi connectivity index (χ3v) is 19.2.